The van der Waals surface area contributed by atoms with E-state index < -0.39 is 0 Å². The minimum absolute atomic E-state index is 0.101. The van der Waals surface area contributed by atoms with Crippen LogP contribution in [0.4, 0.5) is 0 Å². The summed E-state index contributed by atoms with van der Waals surface area (Å²) < 4.78 is 5.59. The summed E-state index contributed by atoms with van der Waals surface area (Å²) in [7, 11) is 0. The molecule has 0 saturated heterocycles. The third-order valence-corrected chi connectivity index (χ3v) is 2.69. The lowest BCUT2D eigenvalue weighted by atomic mass is 10.2. The lowest BCUT2D eigenvalue weighted by molar-refractivity contribution is 0.242. The molecule has 0 fully saturated rings. The van der Waals surface area contributed by atoms with Crippen LogP contribution in [0.15, 0.2) is 35.6 Å². The summed E-state index contributed by atoms with van der Waals surface area (Å²) >= 11 is 0. The smallest absolute Gasteiger partial charge is 0.270 e. The van der Waals surface area contributed by atoms with Crippen molar-refractivity contribution in [3.05, 3.63) is 46.9 Å². The molecule has 0 amide bonds. The molecule has 0 spiro atoms. The number of allylic oxidation sites excluding steroid dienone is 1. The Morgan fingerprint density at radius 1 is 1.47 bits per heavy atom. The predicted molar refractivity (Wildman–Crippen MR) is 76.6 cm³/mol. The van der Waals surface area contributed by atoms with E-state index in [1.54, 1.807) is 12.1 Å². The molecule has 2 rings (SSSR count). The van der Waals surface area contributed by atoms with Crippen molar-refractivity contribution in [1.82, 2.24) is 9.97 Å². The van der Waals surface area contributed by atoms with Crippen molar-refractivity contribution in [2.75, 3.05) is 0 Å². The van der Waals surface area contributed by atoms with E-state index in [0.29, 0.717) is 17.6 Å². The molecule has 1 N–H and O–H groups in total. The van der Waals surface area contributed by atoms with Crippen LogP contribution in [-0.4, -0.2) is 16.1 Å². The van der Waals surface area contributed by atoms with Gasteiger partial charge in [-0.1, -0.05) is 6.08 Å². The number of benzene rings is 1. The number of hydrogen-bond acceptors (Lipinski definition) is 3. The summed E-state index contributed by atoms with van der Waals surface area (Å²) in [6, 6.07) is 5.53. The summed E-state index contributed by atoms with van der Waals surface area (Å²) in [5.41, 5.74) is 1.88. The number of rotatable bonds is 5. The normalized spacial score (nSPS) is 10.9. The maximum absolute atomic E-state index is 11.9. The van der Waals surface area contributed by atoms with Gasteiger partial charge in [0.25, 0.3) is 5.56 Å². The molecule has 19 heavy (non-hydrogen) atoms. The van der Waals surface area contributed by atoms with Gasteiger partial charge in [-0.05, 0) is 38.8 Å². The van der Waals surface area contributed by atoms with Crippen LogP contribution in [0.5, 0.6) is 5.75 Å². The number of hydrogen-bond donors (Lipinski definition) is 1. The highest BCUT2D eigenvalue weighted by molar-refractivity contribution is 5.75. The number of aromatic nitrogens is 2. The van der Waals surface area contributed by atoms with E-state index in [9.17, 15) is 4.79 Å². The Balaban J connectivity index is 2.40. The second-order valence-electron chi connectivity index (χ2n) is 4.69. The highest BCUT2D eigenvalue weighted by Crippen LogP contribution is 2.18. The molecule has 1 aromatic heterocycles. The molecule has 2 aromatic rings. The Bertz CT molecular complexity index is 644. The predicted octanol–water partition coefficient (Wildman–Crippen LogP) is 2.83. The lowest BCUT2D eigenvalue weighted by Crippen LogP contribution is -2.15. The largest absolute Gasteiger partial charge is 0.491 e. The van der Waals surface area contributed by atoms with Crippen LogP contribution in [0, 0.1) is 0 Å². The summed E-state index contributed by atoms with van der Waals surface area (Å²) in [6.45, 7) is 7.57. The van der Waals surface area contributed by atoms with Crippen molar-refractivity contribution in [2.24, 2.45) is 0 Å². The number of aromatic amines is 1. The highest BCUT2D eigenvalue weighted by atomic mass is 16.5. The number of aryl methyl sites for hydroxylation is 1. The first-order valence-corrected chi connectivity index (χ1v) is 6.40. The van der Waals surface area contributed by atoms with E-state index in [2.05, 4.69) is 16.5 Å². The fraction of sp³-hybridized carbons (Fsp3) is 0.333. The van der Waals surface area contributed by atoms with Crippen LogP contribution in [0.25, 0.3) is 11.0 Å². The summed E-state index contributed by atoms with van der Waals surface area (Å²) in [6.07, 6.45) is 3.24. The molecule has 4 heteroatoms. The molecule has 4 nitrogen and oxygen atoms in total. The van der Waals surface area contributed by atoms with E-state index in [1.165, 1.54) is 0 Å². The van der Waals surface area contributed by atoms with Gasteiger partial charge < -0.3 is 9.72 Å². The molecule has 100 valence electrons. The van der Waals surface area contributed by atoms with Crippen LogP contribution in [0.3, 0.4) is 0 Å². The van der Waals surface area contributed by atoms with Crippen molar-refractivity contribution >= 4 is 11.0 Å². The zero-order chi connectivity index (χ0) is 13.8. The molecule has 0 aliphatic heterocycles. The van der Waals surface area contributed by atoms with Gasteiger partial charge in [0.1, 0.15) is 11.4 Å². The zero-order valence-corrected chi connectivity index (χ0v) is 11.3. The SMILES string of the molecule is C=CCCc1nc2ccc(OC(C)C)cc2[nH]c1=O. The van der Waals surface area contributed by atoms with Crippen LogP contribution >= 0.6 is 0 Å². The molecule has 0 aliphatic carbocycles. The van der Waals surface area contributed by atoms with Crippen LogP contribution in [0.1, 0.15) is 26.0 Å². The summed E-state index contributed by atoms with van der Waals surface area (Å²) in [5.74, 6) is 0.735. The Kier molecular flexibility index (Phi) is 4.00. The van der Waals surface area contributed by atoms with Gasteiger partial charge in [-0.25, -0.2) is 4.98 Å². The maximum Gasteiger partial charge on any atom is 0.270 e. The van der Waals surface area contributed by atoms with Crippen molar-refractivity contribution in [3.8, 4) is 5.75 Å². The molecule has 1 heterocycles. The molecular weight excluding hydrogens is 240 g/mol. The van der Waals surface area contributed by atoms with Crippen LogP contribution in [0.2, 0.25) is 0 Å². The summed E-state index contributed by atoms with van der Waals surface area (Å²) in [4.78, 5) is 19.1. The minimum atomic E-state index is -0.143. The van der Waals surface area contributed by atoms with Crippen LogP contribution in [-0.2, 0) is 6.42 Å². The van der Waals surface area contributed by atoms with Gasteiger partial charge >= 0.3 is 0 Å². The minimum Gasteiger partial charge on any atom is -0.491 e. The number of ether oxygens (including phenoxy) is 1. The molecular formula is C15H18N2O2. The van der Waals surface area contributed by atoms with Crippen molar-refractivity contribution in [2.45, 2.75) is 32.8 Å². The molecule has 0 bridgehead atoms. The third-order valence-electron chi connectivity index (χ3n) is 2.69. The second kappa shape index (κ2) is 5.69. The quantitative estimate of drug-likeness (QED) is 0.839. The Labute approximate surface area is 112 Å². The fourth-order valence-corrected chi connectivity index (χ4v) is 1.86. The van der Waals surface area contributed by atoms with Gasteiger partial charge in [0.15, 0.2) is 0 Å². The first-order chi connectivity index (χ1) is 9.10. The Morgan fingerprint density at radius 2 is 2.26 bits per heavy atom. The standard InChI is InChI=1S/C15H18N2O2/c1-4-5-6-13-15(18)17-14-9-11(19-10(2)3)7-8-12(14)16-13/h4,7-10H,1,5-6H2,2-3H3,(H,17,18). The van der Waals surface area contributed by atoms with Crippen molar-refractivity contribution < 1.29 is 4.74 Å². The average molecular weight is 258 g/mol. The van der Waals surface area contributed by atoms with Gasteiger partial charge in [-0.15, -0.1) is 6.58 Å². The number of nitrogens with zero attached hydrogens (tertiary/aromatic N) is 1. The second-order valence-corrected chi connectivity index (χ2v) is 4.69. The van der Waals surface area contributed by atoms with Gasteiger partial charge in [-0.2, -0.15) is 0 Å². The fourth-order valence-electron chi connectivity index (χ4n) is 1.86. The number of H-pyrrole nitrogens is 1. The zero-order valence-electron chi connectivity index (χ0n) is 11.3. The topological polar surface area (TPSA) is 55.0 Å². The van der Waals surface area contributed by atoms with Gasteiger partial charge in [0.05, 0.1) is 17.1 Å². The number of nitrogens with one attached hydrogen (secondary N) is 1. The third kappa shape index (κ3) is 3.22. The van der Waals surface area contributed by atoms with Gasteiger partial charge in [0, 0.05) is 6.07 Å². The molecule has 0 unspecified atom stereocenters. The molecule has 0 aliphatic rings. The van der Waals surface area contributed by atoms with Crippen molar-refractivity contribution in [3.63, 3.8) is 0 Å². The van der Waals surface area contributed by atoms with Gasteiger partial charge in [-0.3, -0.25) is 4.79 Å². The van der Waals surface area contributed by atoms with E-state index in [-0.39, 0.29) is 11.7 Å². The molecule has 0 saturated carbocycles. The Morgan fingerprint density at radius 3 is 2.95 bits per heavy atom. The first-order valence-electron chi connectivity index (χ1n) is 6.40. The van der Waals surface area contributed by atoms with Gasteiger partial charge in [0.2, 0.25) is 0 Å². The van der Waals surface area contributed by atoms with Crippen LogP contribution < -0.4 is 10.3 Å². The highest BCUT2D eigenvalue weighted by Gasteiger charge is 2.06. The van der Waals surface area contributed by atoms with E-state index >= 15 is 0 Å². The molecule has 0 radical (unpaired) electrons. The van der Waals surface area contributed by atoms with Crippen molar-refractivity contribution in [1.29, 1.82) is 0 Å². The van der Waals surface area contributed by atoms with E-state index in [4.69, 9.17) is 4.74 Å². The molecule has 0 atom stereocenters. The maximum atomic E-state index is 11.9. The Hall–Kier alpha value is -2.10. The lowest BCUT2D eigenvalue weighted by Gasteiger charge is -2.10. The first kappa shape index (κ1) is 13.3. The van der Waals surface area contributed by atoms with E-state index in [0.717, 1.165) is 17.7 Å². The summed E-state index contributed by atoms with van der Waals surface area (Å²) in [5, 5.41) is 0. The van der Waals surface area contributed by atoms with E-state index in [1.807, 2.05) is 26.0 Å². The molecule has 1 aromatic carbocycles. The monoisotopic (exact) mass is 258 g/mol. The average Bonchev–Trinajstić information content (AvgIpc) is 2.35. The number of fused-ring (bicyclic) bond motifs is 1.